The molecule has 0 amide bonds. The molecule has 1 aromatic carbocycles. The molecular formula is C9H10BrNS. The summed E-state index contributed by atoms with van der Waals surface area (Å²) in [5, 5.41) is 3.39. The normalized spacial score (nSPS) is 16.8. The van der Waals surface area contributed by atoms with Crippen LogP contribution in [0.2, 0.25) is 0 Å². The van der Waals surface area contributed by atoms with Crippen LogP contribution >= 0.6 is 27.7 Å². The molecule has 1 aromatic rings. The summed E-state index contributed by atoms with van der Waals surface area (Å²) in [6.07, 6.45) is 0. The Morgan fingerprint density at radius 1 is 1.42 bits per heavy atom. The van der Waals surface area contributed by atoms with Crippen molar-refractivity contribution in [1.29, 1.82) is 0 Å². The van der Waals surface area contributed by atoms with E-state index in [-0.39, 0.29) is 0 Å². The second-order valence-corrected chi connectivity index (χ2v) is 4.83. The Bertz CT molecular complexity index is 288. The third kappa shape index (κ3) is 1.84. The Hall–Kier alpha value is 0.01000. The van der Waals surface area contributed by atoms with Gasteiger partial charge in [0.15, 0.2) is 0 Å². The van der Waals surface area contributed by atoms with E-state index in [2.05, 4.69) is 39.4 Å². The van der Waals surface area contributed by atoms with Gasteiger partial charge in [-0.3, -0.25) is 0 Å². The number of nitrogens with one attached hydrogen (secondary N) is 1. The Kier molecular flexibility index (Phi) is 2.73. The van der Waals surface area contributed by atoms with Crippen molar-refractivity contribution in [2.45, 2.75) is 11.4 Å². The van der Waals surface area contributed by atoms with Crippen molar-refractivity contribution in [3.63, 3.8) is 0 Å². The number of fused-ring (bicyclic) bond motifs is 1. The molecule has 64 valence electrons. The number of thioether (sulfide) groups is 1. The Labute approximate surface area is 85.1 Å². The zero-order valence-corrected chi connectivity index (χ0v) is 9.04. The van der Waals surface area contributed by atoms with Crippen LogP contribution in [0.3, 0.4) is 0 Å². The molecule has 0 aliphatic carbocycles. The van der Waals surface area contributed by atoms with Crippen LogP contribution < -0.4 is 5.32 Å². The topological polar surface area (TPSA) is 12.0 Å². The number of hydrogen-bond acceptors (Lipinski definition) is 2. The molecule has 0 radical (unpaired) electrons. The quantitative estimate of drug-likeness (QED) is 0.753. The summed E-state index contributed by atoms with van der Waals surface area (Å²) in [5.74, 6) is 1.18. The van der Waals surface area contributed by atoms with Gasteiger partial charge in [0.05, 0.1) is 0 Å². The average molecular weight is 244 g/mol. The minimum absolute atomic E-state index is 1.00. The van der Waals surface area contributed by atoms with Crippen LogP contribution in [-0.4, -0.2) is 12.3 Å². The molecule has 1 N–H and O–H groups in total. The summed E-state index contributed by atoms with van der Waals surface area (Å²) < 4.78 is 1.17. The first kappa shape index (κ1) is 8.60. The molecular weight excluding hydrogens is 234 g/mol. The lowest BCUT2D eigenvalue weighted by atomic mass is 10.2. The van der Waals surface area contributed by atoms with Gasteiger partial charge in [-0.25, -0.2) is 0 Å². The Morgan fingerprint density at radius 2 is 2.33 bits per heavy atom. The summed E-state index contributed by atoms with van der Waals surface area (Å²) in [6.45, 7) is 2.11. The minimum Gasteiger partial charge on any atom is -0.312 e. The standard InChI is InChI=1S/C9H10BrNS/c10-8-1-2-9-7(5-8)6-11-3-4-12-9/h1-2,5,11H,3-4,6H2. The fourth-order valence-corrected chi connectivity index (χ4v) is 2.64. The van der Waals surface area contributed by atoms with Gasteiger partial charge in [-0.15, -0.1) is 11.8 Å². The highest BCUT2D eigenvalue weighted by Gasteiger charge is 2.06. The summed E-state index contributed by atoms with van der Waals surface area (Å²) in [5.41, 5.74) is 1.41. The summed E-state index contributed by atoms with van der Waals surface area (Å²) in [6, 6.07) is 6.49. The predicted octanol–water partition coefficient (Wildman–Crippen LogP) is 2.64. The van der Waals surface area contributed by atoms with Gasteiger partial charge in [-0.05, 0) is 23.8 Å². The SMILES string of the molecule is Brc1ccc2c(c1)CNCCS2. The number of rotatable bonds is 0. The largest absolute Gasteiger partial charge is 0.312 e. The third-order valence-electron chi connectivity index (χ3n) is 1.87. The van der Waals surface area contributed by atoms with Gasteiger partial charge in [0.1, 0.15) is 0 Å². The van der Waals surface area contributed by atoms with Crippen molar-refractivity contribution in [3.05, 3.63) is 28.2 Å². The Morgan fingerprint density at radius 3 is 3.25 bits per heavy atom. The average Bonchev–Trinajstić information content (AvgIpc) is 2.28. The van der Waals surface area contributed by atoms with Gasteiger partial charge >= 0.3 is 0 Å². The van der Waals surface area contributed by atoms with Crippen molar-refractivity contribution >= 4 is 27.7 Å². The molecule has 0 atom stereocenters. The summed E-state index contributed by atoms with van der Waals surface area (Å²) in [7, 11) is 0. The van der Waals surface area contributed by atoms with Crippen molar-refractivity contribution in [1.82, 2.24) is 5.32 Å². The van der Waals surface area contributed by atoms with Crippen LogP contribution in [0.5, 0.6) is 0 Å². The molecule has 3 heteroatoms. The second-order valence-electron chi connectivity index (χ2n) is 2.78. The Balaban J connectivity index is 2.36. The molecule has 1 aliphatic rings. The van der Waals surface area contributed by atoms with Gasteiger partial charge in [-0.2, -0.15) is 0 Å². The van der Waals surface area contributed by atoms with Gasteiger partial charge in [-0.1, -0.05) is 15.9 Å². The van der Waals surface area contributed by atoms with E-state index in [0.717, 1.165) is 13.1 Å². The zero-order valence-electron chi connectivity index (χ0n) is 6.64. The maximum absolute atomic E-state index is 3.48. The lowest BCUT2D eigenvalue weighted by Gasteiger charge is -2.04. The van der Waals surface area contributed by atoms with Crippen molar-refractivity contribution in [2.75, 3.05) is 12.3 Å². The van der Waals surface area contributed by atoms with E-state index in [9.17, 15) is 0 Å². The monoisotopic (exact) mass is 243 g/mol. The van der Waals surface area contributed by atoms with E-state index in [1.807, 2.05) is 11.8 Å². The highest BCUT2D eigenvalue weighted by atomic mass is 79.9. The molecule has 0 aromatic heterocycles. The van der Waals surface area contributed by atoms with Crippen molar-refractivity contribution < 1.29 is 0 Å². The molecule has 1 aliphatic heterocycles. The van der Waals surface area contributed by atoms with Crippen LogP contribution in [-0.2, 0) is 6.54 Å². The van der Waals surface area contributed by atoms with Gasteiger partial charge in [0.25, 0.3) is 0 Å². The first-order chi connectivity index (χ1) is 5.86. The van der Waals surface area contributed by atoms with Crippen molar-refractivity contribution in [2.24, 2.45) is 0 Å². The van der Waals surface area contributed by atoms with E-state index in [1.54, 1.807) is 0 Å². The molecule has 0 spiro atoms. The van der Waals surface area contributed by atoms with E-state index >= 15 is 0 Å². The lowest BCUT2D eigenvalue weighted by Crippen LogP contribution is -2.13. The third-order valence-corrected chi connectivity index (χ3v) is 3.49. The number of hydrogen-bond donors (Lipinski definition) is 1. The van der Waals surface area contributed by atoms with E-state index in [1.165, 1.54) is 20.7 Å². The lowest BCUT2D eigenvalue weighted by molar-refractivity contribution is 0.731. The van der Waals surface area contributed by atoms with Crippen molar-refractivity contribution in [3.8, 4) is 0 Å². The molecule has 1 heterocycles. The number of benzene rings is 1. The fourth-order valence-electron chi connectivity index (χ4n) is 1.28. The van der Waals surface area contributed by atoms with Gasteiger partial charge in [0, 0.05) is 28.2 Å². The maximum Gasteiger partial charge on any atom is 0.0217 e. The first-order valence-electron chi connectivity index (χ1n) is 3.98. The fraction of sp³-hybridized carbons (Fsp3) is 0.333. The molecule has 0 bridgehead atoms. The molecule has 0 saturated heterocycles. The molecule has 0 fully saturated rings. The first-order valence-corrected chi connectivity index (χ1v) is 5.76. The van der Waals surface area contributed by atoms with Crippen LogP contribution in [0.1, 0.15) is 5.56 Å². The van der Waals surface area contributed by atoms with Gasteiger partial charge < -0.3 is 5.32 Å². The molecule has 2 rings (SSSR count). The molecule has 12 heavy (non-hydrogen) atoms. The van der Waals surface area contributed by atoms with E-state index < -0.39 is 0 Å². The predicted molar refractivity (Wildman–Crippen MR) is 56.6 cm³/mol. The zero-order chi connectivity index (χ0) is 8.39. The smallest absolute Gasteiger partial charge is 0.0217 e. The van der Waals surface area contributed by atoms with Crippen LogP contribution in [0.25, 0.3) is 0 Å². The second kappa shape index (κ2) is 3.81. The molecule has 0 unspecified atom stereocenters. The van der Waals surface area contributed by atoms with Crippen LogP contribution in [0, 0.1) is 0 Å². The van der Waals surface area contributed by atoms with Crippen LogP contribution in [0.4, 0.5) is 0 Å². The summed E-state index contributed by atoms with van der Waals surface area (Å²) in [4.78, 5) is 1.42. The van der Waals surface area contributed by atoms with E-state index in [0.29, 0.717) is 0 Å². The minimum atomic E-state index is 1.00. The summed E-state index contributed by atoms with van der Waals surface area (Å²) >= 11 is 5.41. The maximum atomic E-state index is 3.48. The highest BCUT2D eigenvalue weighted by Crippen LogP contribution is 2.27. The van der Waals surface area contributed by atoms with E-state index in [4.69, 9.17) is 0 Å². The van der Waals surface area contributed by atoms with Gasteiger partial charge in [0.2, 0.25) is 0 Å². The number of halogens is 1. The molecule has 1 nitrogen and oxygen atoms in total. The highest BCUT2D eigenvalue weighted by molar-refractivity contribution is 9.10. The molecule has 0 saturated carbocycles. The van der Waals surface area contributed by atoms with Crippen LogP contribution in [0.15, 0.2) is 27.6 Å².